The zero-order valence-electron chi connectivity index (χ0n) is 15.2. The van der Waals surface area contributed by atoms with Crippen LogP contribution in [-0.4, -0.2) is 37.5 Å². The van der Waals surface area contributed by atoms with Crippen LogP contribution < -0.4 is 0 Å². The van der Waals surface area contributed by atoms with E-state index in [0.29, 0.717) is 5.56 Å². The van der Waals surface area contributed by atoms with Crippen molar-refractivity contribution in [3.63, 3.8) is 0 Å². The molecule has 3 rings (SSSR count). The van der Waals surface area contributed by atoms with Crippen molar-refractivity contribution in [3.05, 3.63) is 81.9 Å². The van der Waals surface area contributed by atoms with Crippen molar-refractivity contribution < 1.29 is 9.72 Å². The van der Waals surface area contributed by atoms with Crippen LogP contribution in [0.4, 0.5) is 5.69 Å². The minimum atomic E-state index is -0.506. The lowest BCUT2D eigenvalue weighted by Gasteiger charge is -2.25. The van der Waals surface area contributed by atoms with Crippen molar-refractivity contribution in [2.24, 2.45) is 0 Å². The molecular weight excluding hydrogens is 346 g/mol. The summed E-state index contributed by atoms with van der Waals surface area (Å²) in [6, 6.07) is 12.1. The molecule has 138 valence electrons. The summed E-state index contributed by atoms with van der Waals surface area (Å²) in [5.41, 5.74) is 2.16. The SMILES string of the molecule is Cc1cccc(C(=O)N(C)C(C)c2ccc(-n3cncn3)cc2)c1[N+](=O)[O-]. The van der Waals surface area contributed by atoms with Crippen LogP contribution >= 0.6 is 0 Å². The van der Waals surface area contributed by atoms with E-state index in [0.717, 1.165) is 11.3 Å². The van der Waals surface area contributed by atoms with Gasteiger partial charge >= 0.3 is 0 Å². The molecule has 0 aliphatic rings. The Hall–Kier alpha value is -3.55. The first kappa shape index (κ1) is 18.2. The van der Waals surface area contributed by atoms with E-state index in [1.54, 1.807) is 37.1 Å². The molecule has 0 bridgehead atoms. The van der Waals surface area contributed by atoms with Gasteiger partial charge in [-0.1, -0.05) is 24.3 Å². The second kappa shape index (κ2) is 7.36. The number of nitro groups is 1. The number of aromatic nitrogens is 3. The van der Waals surface area contributed by atoms with Crippen LogP contribution in [0.5, 0.6) is 0 Å². The number of amides is 1. The van der Waals surface area contributed by atoms with Gasteiger partial charge in [0.1, 0.15) is 18.2 Å². The molecule has 0 spiro atoms. The highest BCUT2D eigenvalue weighted by molar-refractivity contribution is 5.98. The Morgan fingerprint density at radius 2 is 1.93 bits per heavy atom. The molecule has 0 saturated carbocycles. The molecule has 3 aromatic rings. The number of hydrogen-bond acceptors (Lipinski definition) is 5. The Morgan fingerprint density at radius 3 is 2.52 bits per heavy atom. The van der Waals surface area contributed by atoms with Crippen LogP contribution in [0.15, 0.2) is 55.1 Å². The van der Waals surface area contributed by atoms with Gasteiger partial charge in [-0.05, 0) is 37.6 Å². The molecule has 1 aromatic heterocycles. The monoisotopic (exact) mass is 365 g/mol. The number of rotatable bonds is 5. The minimum Gasteiger partial charge on any atom is -0.335 e. The number of carbonyl (C=O) groups is 1. The van der Waals surface area contributed by atoms with Gasteiger partial charge in [-0.25, -0.2) is 9.67 Å². The summed E-state index contributed by atoms with van der Waals surface area (Å²) in [5.74, 6) is -0.391. The van der Waals surface area contributed by atoms with E-state index < -0.39 is 10.8 Å². The average Bonchev–Trinajstić information content (AvgIpc) is 3.20. The van der Waals surface area contributed by atoms with E-state index >= 15 is 0 Å². The molecule has 27 heavy (non-hydrogen) atoms. The Kier molecular flexibility index (Phi) is 4.98. The van der Waals surface area contributed by atoms with Gasteiger partial charge in [0.25, 0.3) is 11.6 Å². The van der Waals surface area contributed by atoms with Crippen molar-refractivity contribution in [2.75, 3.05) is 7.05 Å². The summed E-state index contributed by atoms with van der Waals surface area (Å²) in [6.07, 6.45) is 3.06. The Balaban J connectivity index is 1.85. The van der Waals surface area contributed by atoms with Gasteiger partial charge in [-0.3, -0.25) is 14.9 Å². The molecule has 0 aliphatic heterocycles. The van der Waals surface area contributed by atoms with E-state index in [-0.39, 0.29) is 17.3 Å². The Bertz CT molecular complexity index is 968. The van der Waals surface area contributed by atoms with Gasteiger partial charge in [0.15, 0.2) is 0 Å². The highest BCUT2D eigenvalue weighted by Gasteiger charge is 2.27. The summed E-state index contributed by atoms with van der Waals surface area (Å²) < 4.78 is 1.64. The van der Waals surface area contributed by atoms with Gasteiger partial charge in [0, 0.05) is 12.6 Å². The van der Waals surface area contributed by atoms with Gasteiger partial charge < -0.3 is 4.90 Å². The molecule has 0 radical (unpaired) electrons. The van der Waals surface area contributed by atoms with Crippen LogP contribution in [0.25, 0.3) is 5.69 Å². The number of hydrogen-bond donors (Lipinski definition) is 0. The lowest BCUT2D eigenvalue weighted by atomic mass is 10.0. The lowest BCUT2D eigenvalue weighted by molar-refractivity contribution is -0.385. The van der Waals surface area contributed by atoms with Crippen molar-refractivity contribution >= 4 is 11.6 Å². The number of nitrogens with zero attached hydrogens (tertiary/aromatic N) is 5. The van der Waals surface area contributed by atoms with Crippen molar-refractivity contribution in [2.45, 2.75) is 19.9 Å². The van der Waals surface area contributed by atoms with E-state index in [2.05, 4.69) is 10.1 Å². The fourth-order valence-corrected chi connectivity index (χ4v) is 2.91. The van der Waals surface area contributed by atoms with Gasteiger partial charge in [0.05, 0.1) is 16.7 Å². The van der Waals surface area contributed by atoms with E-state index in [9.17, 15) is 14.9 Å². The zero-order chi connectivity index (χ0) is 19.6. The van der Waals surface area contributed by atoms with E-state index in [1.165, 1.54) is 17.3 Å². The van der Waals surface area contributed by atoms with Gasteiger partial charge in [-0.15, -0.1) is 0 Å². The normalized spacial score (nSPS) is 11.8. The molecule has 1 atom stereocenters. The summed E-state index contributed by atoms with van der Waals surface area (Å²) in [6.45, 7) is 3.51. The summed E-state index contributed by atoms with van der Waals surface area (Å²) in [5, 5.41) is 15.5. The van der Waals surface area contributed by atoms with Crippen molar-refractivity contribution in [1.29, 1.82) is 0 Å². The van der Waals surface area contributed by atoms with Crippen LogP contribution in [0.1, 0.15) is 34.5 Å². The average molecular weight is 365 g/mol. The maximum atomic E-state index is 12.9. The van der Waals surface area contributed by atoms with Crippen molar-refractivity contribution in [3.8, 4) is 5.69 Å². The predicted octanol–water partition coefficient (Wildman–Crippen LogP) is 3.32. The lowest BCUT2D eigenvalue weighted by Crippen LogP contribution is -2.30. The van der Waals surface area contributed by atoms with Crippen LogP contribution in [0.2, 0.25) is 0 Å². The molecule has 0 aliphatic carbocycles. The van der Waals surface area contributed by atoms with Crippen LogP contribution in [0.3, 0.4) is 0 Å². The molecule has 0 saturated heterocycles. The molecule has 1 unspecified atom stereocenters. The van der Waals surface area contributed by atoms with E-state index in [4.69, 9.17) is 0 Å². The summed E-state index contributed by atoms with van der Waals surface area (Å²) in [7, 11) is 1.64. The molecule has 0 fully saturated rings. The molecule has 1 amide bonds. The standard InChI is InChI=1S/C19H19N5O3/c1-13-5-4-6-17(18(13)24(26)27)19(25)22(3)14(2)15-7-9-16(10-8-15)23-12-20-11-21-23/h4-12,14H,1-3H3. The third-order valence-corrected chi connectivity index (χ3v) is 4.61. The third-order valence-electron chi connectivity index (χ3n) is 4.61. The quantitative estimate of drug-likeness (QED) is 0.511. The minimum absolute atomic E-state index is 0.0913. The fraction of sp³-hybridized carbons (Fsp3) is 0.211. The maximum Gasteiger partial charge on any atom is 0.285 e. The Labute approximate surface area is 156 Å². The number of aryl methyl sites for hydroxylation is 1. The fourth-order valence-electron chi connectivity index (χ4n) is 2.91. The topological polar surface area (TPSA) is 94.2 Å². The largest absolute Gasteiger partial charge is 0.335 e. The number of para-hydroxylation sites is 1. The van der Waals surface area contributed by atoms with Crippen molar-refractivity contribution in [1.82, 2.24) is 19.7 Å². The van der Waals surface area contributed by atoms with Gasteiger partial charge in [-0.2, -0.15) is 5.10 Å². The number of benzene rings is 2. The van der Waals surface area contributed by atoms with Gasteiger partial charge in [0.2, 0.25) is 0 Å². The third kappa shape index (κ3) is 3.55. The molecular formula is C19H19N5O3. The predicted molar refractivity (Wildman–Crippen MR) is 99.7 cm³/mol. The number of nitro benzene ring substituents is 1. The first-order valence-corrected chi connectivity index (χ1v) is 8.36. The molecule has 1 heterocycles. The first-order valence-electron chi connectivity index (χ1n) is 8.36. The van der Waals surface area contributed by atoms with Crippen LogP contribution in [-0.2, 0) is 0 Å². The molecule has 8 heteroatoms. The maximum absolute atomic E-state index is 12.9. The highest BCUT2D eigenvalue weighted by atomic mass is 16.6. The molecule has 8 nitrogen and oxygen atoms in total. The second-order valence-electron chi connectivity index (χ2n) is 6.25. The zero-order valence-corrected chi connectivity index (χ0v) is 15.2. The summed E-state index contributed by atoms with van der Waals surface area (Å²) in [4.78, 5) is 29.2. The highest BCUT2D eigenvalue weighted by Crippen LogP contribution is 2.27. The van der Waals surface area contributed by atoms with Crippen LogP contribution in [0, 0.1) is 17.0 Å². The molecule has 2 aromatic carbocycles. The number of carbonyl (C=O) groups excluding carboxylic acids is 1. The second-order valence-corrected chi connectivity index (χ2v) is 6.25. The molecule has 0 N–H and O–H groups in total. The van der Waals surface area contributed by atoms with E-state index in [1.807, 2.05) is 31.2 Å². The smallest absolute Gasteiger partial charge is 0.285 e. The Morgan fingerprint density at radius 1 is 1.22 bits per heavy atom. The first-order chi connectivity index (χ1) is 12.9. The summed E-state index contributed by atoms with van der Waals surface area (Å²) >= 11 is 0.